The third-order valence-corrected chi connectivity index (χ3v) is 3.05. The number of alkyl halides is 5. The number of hydrogen-bond donors (Lipinski definition) is 0. The van der Waals surface area contributed by atoms with Gasteiger partial charge < -0.3 is 9.47 Å². The maximum absolute atomic E-state index is 12.9. The van der Waals surface area contributed by atoms with Gasteiger partial charge >= 0.3 is 18.1 Å². The summed E-state index contributed by atoms with van der Waals surface area (Å²) in [4.78, 5) is 23.0. The van der Waals surface area contributed by atoms with Crippen molar-refractivity contribution >= 4 is 11.9 Å². The molecule has 25 heavy (non-hydrogen) atoms. The van der Waals surface area contributed by atoms with Crippen LogP contribution in [0.2, 0.25) is 0 Å². The van der Waals surface area contributed by atoms with Crippen LogP contribution in [-0.4, -0.2) is 36.7 Å². The number of hydrogen-bond acceptors (Lipinski definition) is 4. The highest BCUT2D eigenvalue weighted by Crippen LogP contribution is 2.34. The molecule has 1 rings (SSSR count). The summed E-state index contributed by atoms with van der Waals surface area (Å²) < 4.78 is 71.8. The van der Waals surface area contributed by atoms with Gasteiger partial charge in [0.05, 0.1) is 12.2 Å². The van der Waals surface area contributed by atoms with Gasteiger partial charge in [0.1, 0.15) is 0 Å². The fourth-order valence-electron chi connectivity index (χ4n) is 1.80. The number of aryl methyl sites for hydroxylation is 1. The number of benzene rings is 1. The highest BCUT2D eigenvalue weighted by atomic mass is 19.4. The van der Waals surface area contributed by atoms with Crippen molar-refractivity contribution < 1.29 is 41.0 Å². The molecule has 0 aliphatic heterocycles. The van der Waals surface area contributed by atoms with Crippen LogP contribution in [0.4, 0.5) is 22.0 Å². The summed E-state index contributed by atoms with van der Waals surface area (Å²) in [6, 6.07) is 6.44. The summed E-state index contributed by atoms with van der Waals surface area (Å²) in [6.45, 7) is 1.58. The van der Waals surface area contributed by atoms with Gasteiger partial charge in [-0.05, 0) is 25.5 Å². The van der Waals surface area contributed by atoms with Gasteiger partial charge in [-0.2, -0.15) is 13.2 Å². The molecule has 1 aromatic carbocycles. The highest BCUT2D eigenvalue weighted by molar-refractivity contribution is 5.89. The Bertz CT molecular complexity index is 576. The van der Waals surface area contributed by atoms with Crippen LogP contribution in [0.5, 0.6) is 0 Å². The Morgan fingerprint density at radius 1 is 1.08 bits per heavy atom. The Morgan fingerprint density at radius 2 is 1.64 bits per heavy atom. The van der Waals surface area contributed by atoms with Gasteiger partial charge in [-0.25, -0.2) is 13.6 Å². The van der Waals surface area contributed by atoms with Gasteiger partial charge in [0.15, 0.2) is 0 Å². The predicted molar refractivity (Wildman–Crippen MR) is 77.3 cm³/mol. The summed E-state index contributed by atoms with van der Waals surface area (Å²) in [6.07, 6.45) is -9.64. The van der Waals surface area contributed by atoms with Crippen molar-refractivity contribution in [1.82, 2.24) is 0 Å². The zero-order chi connectivity index (χ0) is 19.3. The van der Waals surface area contributed by atoms with Gasteiger partial charge in [0.25, 0.3) is 12.0 Å². The van der Waals surface area contributed by atoms with Crippen molar-refractivity contribution in [1.29, 1.82) is 0 Å². The molecule has 0 bridgehead atoms. The summed E-state index contributed by atoms with van der Waals surface area (Å²) in [5.41, 5.74) is 1.21. The van der Waals surface area contributed by atoms with Crippen LogP contribution < -0.4 is 0 Å². The molecular formula is C16H17F5O4. The lowest BCUT2D eigenvalue weighted by atomic mass is 10.1. The predicted octanol–water partition coefficient (Wildman–Crippen LogP) is 4.06. The summed E-state index contributed by atoms with van der Waals surface area (Å²) in [5, 5.41) is 0. The van der Waals surface area contributed by atoms with Crippen LogP contribution in [0.1, 0.15) is 35.7 Å². The number of rotatable bonds is 7. The second-order valence-electron chi connectivity index (χ2n) is 5.47. The zero-order valence-electron chi connectivity index (χ0n) is 13.5. The number of halogens is 5. The van der Waals surface area contributed by atoms with Gasteiger partial charge in [-0.15, -0.1) is 0 Å². The lowest BCUT2D eigenvalue weighted by Crippen LogP contribution is -2.46. The van der Waals surface area contributed by atoms with Crippen LogP contribution in [-0.2, 0) is 14.3 Å². The number of esters is 2. The number of carbonyl (C=O) groups is 2. The minimum absolute atomic E-state index is 0.0157. The van der Waals surface area contributed by atoms with Crippen molar-refractivity contribution in [2.45, 2.75) is 44.9 Å². The summed E-state index contributed by atoms with van der Waals surface area (Å²) in [5.74, 6) is -6.37. The van der Waals surface area contributed by atoms with Gasteiger partial charge in [-0.1, -0.05) is 17.7 Å². The van der Waals surface area contributed by atoms with E-state index in [-0.39, 0.29) is 25.5 Å². The van der Waals surface area contributed by atoms with E-state index < -0.39 is 36.6 Å². The van der Waals surface area contributed by atoms with E-state index in [2.05, 4.69) is 4.74 Å². The Hall–Kier alpha value is -2.19. The lowest BCUT2D eigenvalue weighted by molar-refractivity contribution is -0.273. The Balaban J connectivity index is 2.41. The van der Waals surface area contributed by atoms with Crippen molar-refractivity contribution in [3.8, 4) is 0 Å². The molecular weight excluding hydrogens is 351 g/mol. The SMILES string of the molecule is Cc1ccc(C(=O)OCCCC(=O)OC(C(C)(F)F)C(F)(F)F)cc1. The highest BCUT2D eigenvalue weighted by Gasteiger charge is 2.56. The van der Waals surface area contributed by atoms with E-state index in [4.69, 9.17) is 4.74 Å². The van der Waals surface area contributed by atoms with Gasteiger partial charge in [0.2, 0.25) is 0 Å². The quantitative estimate of drug-likeness (QED) is 0.414. The molecule has 1 atom stereocenters. The van der Waals surface area contributed by atoms with Crippen molar-refractivity contribution in [2.24, 2.45) is 0 Å². The average Bonchev–Trinajstić information content (AvgIpc) is 2.47. The van der Waals surface area contributed by atoms with E-state index in [9.17, 15) is 31.5 Å². The first-order chi connectivity index (χ1) is 11.4. The van der Waals surface area contributed by atoms with E-state index in [1.54, 1.807) is 12.1 Å². The van der Waals surface area contributed by atoms with E-state index >= 15 is 0 Å². The molecule has 1 aromatic rings. The number of carbonyl (C=O) groups excluding carboxylic acids is 2. The summed E-state index contributed by atoms with van der Waals surface area (Å²) in [7, 11) is 0. The van der Waals surface area contributed by atoms with Crippen molar-refractivity contribution in [2.75, 3.05) is 6.61 Å². The normalized spacial score (nSPS) is 13.2. The van der Waals surface area contributed by atoms with Crippen molar-refractivity contribution in [3.05, 3.63) is 35.4 Å². The molecule has 4 nitrogen and oxygen atoms in total. The molecule has 0 saturated carbocycles. The van der Waals surface area contributed by atoms with Crippen LogP contribution in [0.15, 0.2) is 24.3 Å². The molecule has 0 saturated heterocycles. The van der Waals surface area contributed by atoms with Crippen LogP contribution in [0.25, 0.3) is 0 Å². The van der Waals surface area contributed by atoms with Crippen LogP contribution >= 0.6 is 0 Å². The lowest BCUT2D eigenvalue weighted by Gasteiger charge is -2.25. The molecule has 9 heteroatoms. The molecule has 0 aliphatic rings. The molecule has 0 spiro atoms. The first kappa shape index (κ1) is 20.9. The fourth-order valence-corrected chi connectivity index (χ4v) is 1.80. The standard InChI is InChI=1S/C16H17F5O4/c1-10-5-7-11(8-6-10)13(23)24-9-3-4-12(22)25-14(15(2,17)18)16(19,20)21/h5-8,14H,3-4,9H2,1-2H3. The second-order valence-corrected chi connectivity index (χ2v) is 5.47. The minimum atomic E-state index is -5.38. The monoisotopic (exact) mass is 368 g/mol. The van der Waals surface area contributed by atoms with E-state index in [1.807, 2.05) is 6.92 Å². The van der Waals surface area contributed by atoms with Crippen LogP contribution in [0, 0.1) is 6.92 Å². The summed E-state index contributed by atoms with van der Waals surface area (Å²) >= 11 is 0. The fraction of sp³-hybridized carbons (Fsp3) is 0.500. The number of ether oxygens (including phenoxy) is 2. The Labute approximate surface area is 140 Å². The molecule has 1 unspecified atom stereocenters. The molecule has 0 radical (unpaired) electrons. The average molecular weight is 368 g/mol. The van der Waals surface area contributed by atoms with E-state index in [0.29, 0.717) is 0 Å². The third-order valence-electron chi connectivity index (χ3n) is 3.05. The third kappa shape index (κ3) is 7.06. The molecule has 0 aliphatic carbocycles. The smallest absolute Gasteiger partial charge is 0.431 e. The van der Waals surface area contributed by atoms with Gasteiger partial charge in [0, 0.05) is 13.3 Å². The van der Waals surface area contributed by atoms with Crippen LogP contribution in [0.3, 0.4) is 0 Å². The first-order valence-corrected chi connectivity index (χ1v) is 7.29. The van der Waals surface area contributed by atoms with E-state index in [1.165, 1.54) is 12.1 Å². The molecule has 0 N–H and O–H groups in total. The van der Waals surface area contributed by atoms with E-state index in [0.717, 1.165) is 5.56 Å². The topological polar surface area (TPSA) is 52.6 Å². The zero-order valence-corrected chi connectivity index (χ0v) is 13.5. The maximum atomic E-state index is 12.9. The molecule has 0 fully saturated rings. The van der Waals surface area contributed by atoms with Gasteiger partial charge in [-0.3, -0.25) is 4.79 Å². The second kappa shape index (κ2) is 8.26. The largest absolute Gasteiger partial charge is 0.462 e. The maximum Gasteiger partial charge on any atom is 0.431 e. The molecule has 140 valence electrons. The molecule has 0 heterocycles. The Morgan fingerprint density at radius 3 is 2.12 bits per heavy atom. The molecule has 0 aromatic heterocycles. The molecule has 0 amide bonds. The van der Waals surface area contributed by atoms with Crippen molar-refractivity contribution in [3.63, 3.8) is 0 Å². The minimum Gasteiger partial charge on any atom is -0.462 e. The Kier molecular flexibility index (Phi) is 6.89. The first-order valence-electron chi connectivity index (χ1n) is 7.29.